The van der Waals surface area contributed by atoms with Gasteiger partial charge in [0.2, 0.25) is 0 Å². The van der Waals surface area contributed by atoms with E-state index in [1.165, 1.54) is 16.9 Å². The van der Waals surface area contributed by atoms with Crippen LogP contribution in [-0.2, 0) is 17.6 Å². The molecule has 22 heavy (non-hydrogen) atoms. The van der Waals surface area contributed by atoms with Crippen LogP contribution < -0.4 is 5.56 Å². The highest BCUT2D eigenvalue weighted by atomic mass is 32.2. The molecular formula is C16H20N2O2S2. The van der Waals surface area contributed by atoms with Crippen LogP contribution in [0.25, 0.3) is 10.2 Å². The fourth-order valence-corrected chi connectivity index (χ4v) is 5.71. The van der Waals surface area contributed by atoms with Gasteiger partial charge in [-0.25, -0.2) is 4.98 Å². The smallest absolute Gasteiger partial charge is 0.260 e. The van der Waals surface area contributed by atoms with E-state index in [-0.39, 0.29) is 5.56 Å². The van der Waals surface area contributed by atoms with Gasteiger partial charge in [0.15, 0.2) is 5.16 Å². The number of fused-ring (bicyclic) bond motifs is 3. The average molecular weight is 336 g/mol. The molecule has 1 fully saturated rings. The molecule has 118 valence electrons. The number of H-pyrrole nitrogens is 1. The standard InChI is InChI=1S/C16H20N2O2S2/c1-9-4-5-11-12(7-9)22-15-13(11)14(19)17-16(18-15)21-8-10-3-2-6-20-10/h9-10H,2-8H2,1H3,(H,17,18,19). The van der Waals surface area contributed by atoms with Crippen molar-refractivity contribution in [3.8, 4) is 0 Å². The molecule has 1 aliphatic carbocycles. The predicted molar refractivity (Wildman–Crippen MR) is 91.1 cm³/mol. The van der Waals surface area contributed by atoms with E-state index in [0.717, 1.165) is 53.4 Å². The minimum atomic E-state index is 0.0342. The van der Waals surface area contributed by atoms with Crippen LogP contribution in [0.15, 0.2) is 9.95 Å². The number of aryl methyl sites for hydroxylation is 1. The van der Waals surface area contributed by atoms with Crippen molar-refractivity contribution in [2.24, 2.45) is 5.92 Å². The van der Waals surface area contributed by atoms with E-state index in [1.54, 1.807) is 23.1 Å². The van der Waals surface area contributed by atoms with Crippen LogP contribution in [0.4, 0.5) is 0 Å². The van der Waals surface area contributed by atoms with Crippen molar-refractivity contribution in [1.29, 1.82) is 0 Å². The van der Waals surface area contributed by atoms with E-state index in [4.69, 9.17) is 9.72 Å². The lowest BCUT2D eigenvalue weighted by Gasteiger charge is -2.17. The molecule has 3 heterocycles. The maximum absolute atomic E-state index is 12.5. The minimum Gasteiger partial charge on any atom is -0.377 e. The zero-order chi connectivity index (χ0) is 15.1. The highest BCUT2D eigenvalue weighted by Crippen LogP contribution is 2.36. The molecule has 0 bridgehead atoms. The average Bonchev–Trinajstić information content (AvgIpc) is 3.11. The molecule has 2 aliphatic rings. The number of hydrogen-bond acceptors (Lipinski definition) is 5. The number of rotatable bonds is 3. The highest BCUT2D eigenvalue weighted by molar-refractivity contribution is 7.99. The summed E-state index contributed by atoms with van der Waals surface area (Å²) in [7, 11) is 0. The number of nitrogens with zero attached hydrogens (tertiary/aromatic N) is 1. The largest absolute Gasteiger partial charge is 0.377 e. The van der Waals surface area contributed by atoms with Crippen LogP contribution in [-0.4, -0.2) is 28.4 Å². The maximum Gasteiger partial charge on any atom is 0.260 e. The van der Waals surface area contributed by atoms with Crippen molar-refractivity contribution in [2.75, 3.05) is 12.4 Å². The molecule has 1 saturated heterocycles. The third-order valence-corrected chi connectivity index (χ3v) is 6.73. The van der Waals surface area contributed by atoms with Crippen molar-refractivity contribution in [3.63, 3.8) is 0 Å². The van der Waals surface area contributed by atoms with E-state index in [1.807, 2.05) is 0 Å². The summed E-state index contributed by atoms with van der Waals surface area (Å²) in [5.41, 5.74) is 1.29. The number of aromatic nitrogens is 2. The molecule has 0 saturated carbocycles. The molecule has 0 radical (unpaired) electrons. The summed E-state index contributed by atoms with van der Waals surface area (Å²) in [6.45, 7) is 3.15. The Labute approximate surface area is 137 Å². The molecule has 2 unspecified atom stereocenters. The quantitative estimate of drug-likeness (QED) is 0.689. The fraction of sp³-hybridized carbons (Fsp3) is 0.625. The Morgan fingerprint density at radius 3 is 3.18 bits per heavy atom. The first-order valence-corrected chi connectivity index (χ1v) is 9.80. The molecule has 1 N–H and O–H groups in total. The molecule has 2 atom stereocenters. The second kappa shape index (κ2) is 5.98. The lowest BCUT2D eigenvalue weighted by Crippen LogP contribution is -2.14. The Hall–Kier alpha value is -0.850. The minimum absolute atomic E-state index is 0.0342. The van der Waals surface area contributed by atoms with Crippen LogP contribution >= 0.6 is 23.1 Å². The van der Waals surface area contributed by atoms with Gasteiger partial charge in [-0.15, -0.1) is 11.3 Å². The van der Waals surface area contributed by atoms with Gasteiger partial charge in [-0.2, -0.15) is 0 Å². The van der Waals surface area contributed by atoms with Gasteiger partial charge in [0, 0.05) is 17.2 Å². The van der Waals surface area contributed by atoms with Crippen LogP contribution in [0, 0.1) is 5.92 Å². The normalized spacial score (nSPS) is 24.8. The zero-order valence-corrected chi connectivity index (χ0v) is 14.3. The maximum atomic E-state index is 12.5. The Morgan fingerprint density at radius 1 is 1.45 bits per heavy atom. The number of aromatic amines is 1. The van der Waals surface area contributed by atoms with Gasteiger partial charge < -0.3 is 9.72 Å². The summed E-state index contributed by atoms with van der Waals surface area (Å²) in [6, 6.07) is 0. The molecule has 2 aromatic heterocycles. The third-order valence-electron chi connectivity index (χ3n) is 4.57. The topological polar surface area (TPSA) is 55.0 Å². The second-order valence-corrected chi connectivity index (χ2v) is 8.44. The number of nitrogens with one attached hydrogen (secondary N) is 1. The summed E-state index contributed by atoms with van der Waals surface area (Å²) >= 11 is 3.32. The van der Waals surface area contributed by atoms with Gasteiger partial charge in [0.1, 0.15) is 4.83 Å². The summed E-state index contributed by atoms with van der Waals surface area (Å²) in [5.74, 6) is 1.59. The van der Waals surface area contributed by atoms with Crippen LogP contribution in [0.2, 0.25) is 0 Å². The van der Waals surface area contributed by atoms with Gasteiger partial charge >= 0.3 is 0 Å². The fourth-order valence-electron chi connectivity index (χ4n) is 3.35. The molecule has 4 rings (SSSR count). The van der Waals surface area contributed by atoms with Gasteiger partial charge in [-0.05, 0) is 43.6 Å². The Bertz CT molecular complexity index is 746. The number of ether oxygens (including phenoxy) is 1. The Kier molecular flexibility index (Phi) is 4.00. The zero-order valence-electron chi connectivity index (χ0n) is 12.7. The number of thioether (sulfide) groups is 1. The molecule has 4 nitrogen and oxygen atoms in total. The number of thiophene rings is 1. The lowest BCUT2D eigenvalue weighted by atomic mass is 9.89. The van der Waals surface area contributed by atoms with E-state index in [2.05, 4.69) is 11.9 Å². The van der Waals surface area contributed by atoms with Crippen molar-refractivity contribution in [1.82, 2.24) is 9.97 Å². The first-order chi connectivity index (χ1) is 10.7. The SMILES string of the molecule is CC1CCc2c(sc3nc(SCC4CCCO4)[nH]c(=O)c23)C1. The summed E-state index contributed by atoms with van der Waals surface area (Å²) in [6.07, 6.45) is 5.85. The van der Waals surface area contributed by atoms with Gasteiger partial charge in [-0.3, -0.25) is 4.79 Å². The van der Waals surface area contributed by atoms with Crippen molar-refractivity contribution in [3.05, 3.63) is 20.8 Å². The number of hydrogen-bond donors (Lipinski definition) is 1. The van der Waals surface area contributed by atoms with Crippen LogP contribution in [0.1, 0.15) is 36.6 Å². The third kappa shape index (κ3) is 2.72. The highest BCUT2D eigenvalue weighted by Gasteiger charge is 2.23. The molecule has 0 amide bonds. The molecule has 0 aromatic carbocycles. The monoisotopic (exact) mass is 336 g/mol. The summed E-state index contributed by atoms with van der Waals surface area (Å²) in [4.78, 5) is 22.4. The first kappa shape index (κ1) is 14.7. The molecule has 6 heteroatoms. The van der Waals surface area contributed by atoms with Crippen molar-refractivity contribution < 1.29 is 4.74 Å². The van der Waals surface area contributed by atoms with E-state index in [9.17, 15) is 4.79 Å². The van der Waals surface area contributed by atoms with Crippen molar-refractivity contribution in [2.45, 2.75) is 50.3 Å². The van der Waals surface area contributed by atoms with E-state index < -0.39 is 0 Å². The van der Waals surface area contributed by atoms with E-state index >= 15 is 0 Å². The molecule has 0 spiro atoms. The van der Waals surface area contributed by atoms with Gasteiger partial charge in [0.25, 0.3) is 5.56 Å². The predicted octanol–water partition coefficient (Wildman–Crippen LogP) is 3.38. The molecule has 2 aromatic rings. The van der Waals surface area contributed by atoms with Crippen molar-refractivity contribution >= 4 is 33.3 Å². The lowest BCUT2D eigenvalue weighted by molar-refractivity contribution is 0.129. The Balaban J connectivity index is 1.63. The molecule has 1 aliphatic heterocycles. The first-order valence-electron chi connectivity index (χ1n) is 7.99. The second-order valence-electron chi connectivity index (χ2n) is 6.35. The summed E-state index contributed by atoms with van der Waals surface area (Å²) in [5, 5.41) is 1.58. The molecular weight excluding hydrogens is 316 g/mol. The van der Waals surface area contributed by atoms with Crippen LogP contribution in [0.5, 0.6) is 0 Å². The van der Waals surface area contributed by atoms with Gasteiger partial charge in [0.05, 0.1) is 11.5 Å². The van der Waals surface area contributed by atoms with Crippen LogP contribution in [0.3, 0.4) is 0 Å². The summed E-state index contributed by atoms with van der Waals surface area (Å²) < 4.78 is 5.63. The van der Waals surface area contributed by atoms with Gasteiger partial charge in [-0.1, -0.05) is 18.7 Å². The Morgan fingerprint density at radius 2 is 2.36 bits per heavy atom. The van der Waals surface area contributed by atoms with E-state index in [0.29, 0.717) is 12.0 Å².